The fourth-order valence-corrected chi connectivity index (χ4v) is 8.94. The SMILES string of the molecule is C=CCCOC(=O)N(CCC)C1CC(=NOC)C2=CC(CCCCO)C(CCCCO)C3c4cc(Oc5ccc(SC)cc5)ccc4OC1(OCC=C)C23. The molecule has 1 heterocycles. The summed E-state index contributed by atoms with van der Waals surface area (Å²) in [5, 5.41) is 24.3. The van der Waals surface area contributed by atoms with Crippen molar-refractivity contribution < 1.29 is 38.8 Å². The Kier molecular flexibility index (Phi) is 15.5. The van der Waals surface area contributed by atoms with Gasteiger partial charge < -0.3 is 34.0 Å². The maximum absolute atomic E-state index is 14.0. The summed E-state index contributed by atoms with van der Waals surface area (Å²) in [6.45, 7) is 10.9. The summed E-state index contributed by atoms with van der Waals surface area (Å²) in [4.78, 5) is 22.5. The Balaban J connectivity index is 1.74. The van der Waals surface area contributed by atoms with Gasteiger partial charge in [-0.25, -0.2) is 4.79 Å². The molecule has 2 aliphatic carbocycles. The lowest BCUT2D eigenvalue weighted by atomic mass is 9.55. The number of rotatable bonds is 21. The number of aliphatic hydroxyl groups excluding tert-OH is 2. The number of nitrogens with zero attached hydrogens (tertiary/aromatic N) is 2. The second-order valence-corrected chi connectivity index (χ2v) is 15.0. The number of carbonyl (C=O) groups excluding carboxylic acids is 1. The van der Waals surface area contributed by atoms with Crippen LogP contribution in [0, 0.1) is 17.8 Å². The van der Waals surface area contributed by atoms with Crippen LogP contribution in [0.3, 0.4) is 0 Å². The fourth-order valence-electron chi connectivity index (χ4n) is 8.53. The summed E-state index contributed by atoms with van der Waals surface area (Å²) >= 11 is 1.68. The Morgan fingerprint density at radius 1 is 1.06 bits per heavy atom. The van der Waals surface area contributed by atoms with E-state index in [4.69, 9.17) is 23.8 Å². The highest BCUT2D eigenvalue weighted by molar-refractivity contribution is 7.98. The smallest absolute Gasteiger partial charge is 0.410 e. The number of benzene rings is 2. The third-order valence-corrected chi connectivity index (χ3v) is 11.5. The molecule has 0 aromatic heterocycles. The van der Waals surface area contributed by atoms with E-state index in [2.05, 4.69) is 30.5 Å². The molecule has 0 saturated heterocycles. The van der Waals surface area contributed by atoms with Crippen molar-refractivity contribution in [2.45, 2.75) is 87.4 Å². The van der Waals surface area contributed by atoms with E-state index in [-0.39, 0.29) is 44.2 Å². The summed E-state index contributed by atoms with van der Waals surface area (Å²) in [6.07, 6.45) is 13.7. The van der Waals surface area contributed by atoms with Gasteiger partial charge in [-0.3, -0.25) is 4.90 Å². The van der Waals surface area contributed by atoms with Crippen molar-refractivity contribution in [3.8, 4) is 17.2 Å². The van der Waals surface area contributed by atoms with Gasteiger partial charge in [-0.05, 0) is 105 Å². The number of allylic oxidation sites excluding steroid dienone is 1. The number of unbranched alkanes of at least 4 members (excludes halogenated alkanes) is 2. The highest BCUT2D eigenvalue weighted by atomic mass is 32.2. The van der Waals surface area contributed by atoms with Crippen molar-refractivity contribution in [3.05, 3.63) is 85.0 Å². The van der Waals surface area contributed by atoms with Gasteiger partial charge in [0.1, 0.15) is 30.4 Å². The summed E-state index contributed by atoms with van der Waals surface area (Å²) in [5.74, 6) is 0.443. The maximum atomic E-state index is 14.0. The van der Waals surface area contributed by atoms with E-state index in [1.54, 1.807) is 35.9 Å². The number of carbonyl (C=O) groups is 1. The largest absolute Gasteiger partial charge is 0.459 e. The number of fused-ring (bicyclic) bond motifs is 2. The van der Waals surface area contributed by atoms with Crippen LogP contribution in [-0.4, -0.2) is 85.1 Å². The predicted octanol–water partition coefficient (Wildman–Crippen LogP) is 8.89. The van der Waals surface area contributed by atoms with Crippen molar-refractivity contribution >= 4 is 23.6 Å². The number of aliphatic hydroxyl groups is 2. The molecule has 54 heavy (non-hydrogen) atoms. The lowest BCUT2D eigenvalue weighted by Crippen LogP contribution is -2.70. The van der Waals surface area contributed by atoms with Crippen molar-refractivity contribution in [2.75, 3.05) is 46.3 Å². The maximum Gasteiger partial charge on any atom is 0.410 e. The van der Waals surface area contributed by atoms with Crippen LogP contribution in [0.5, 0.6) is 17.2 Å². The van der Waals surface area contributed by atoms with Crippen LogP contribution in [0.4, 0.5) is 4.79 Å². The van der Waals surface area contributed by atoms with Crippen LogP contribution in [-0.2, 0) is 14.3 Å². The Hall–Kier alpha value is -3.77. The average molecular weight is 763 g/mol. The van der Waals surface area contributed by atoms with Gasteiger partial charge in [-0.1, -0.05) is 43.1 Å². The molecule has 1 amide bonds. The van der Waals surface area contributed by atoms with Crippen LogP contribution < -0.4 is 9.47 Å². The van der Waals surface area contributed by atoms with E-state index < -0.39 is 23.8 Å². The van der Waals surface area contributed by atoms with E-state index in [1.165, 1.54) is 0 Å². The van der Waals surface area contributed by atoms with E-state index >= 15 is 0 Å². The van der Waals surface area contributed by atoms with Gasteiger partial charge in [0, 0.05) is 42.6 Å². The van der Waals surface area contributed by atoms with Crippen LogP contribution in [0.25, 0.3) is 0 Å². The van der Waals surface area contributed by atoms with Gasteiger partial charge in [0.05, 0.1) is 24.8 Å². The van der Waals surface area contributed by atoms with E-state index in [9.17, 15) is 15.0 Å². The monoisotopic (exact) mass is 762 g/mol. The number of amides is 1. The quantitative estimate of drug-likeness (QED) is 0.0556. The predicted molar refractivity (Wildman–Crippen MR) is 213 cm³/mol. The zero-order valence-electron chi connectivity index (χ0n) is 32.1. The Morgan fingerprint density at radius 3 is 2.46 bits per heavy atom. The molecule has 10 nitrogen and oxygen atoms in total. The molecule has 2 aromatic carbocycles. The third kappa shape index (κ3) is 9.18. The molecule has 1 aliphatic heterocycles. The Morgan fingerprint density at radius 2 is 1.80 bits per heavy atom. The summed E-state index contributed by atoms with van der Waals surface area (Å²) in [7, 11) is 1.55. The standard InChI is InChI=1S/C43H58N2O8S/c1-6-9-26-50-42(48)45(22-7-2)39-29-37(44-49-4)35-27-30(14-10-12-23-46)34(15-11-13-24-47)40-36-28-32(52-31-16-19-33(54-5)20-17-31)18-21-38(36)53-43(39,41(35)40)51-25-8-3/h6,8,16-21,27-28,30,34,39-41,46-47H,1,3,7,9-15,22-26,29H2,2,4-5H3. The molecule has 2 N–H and O–H groups in total. The third-order valence-electron chi connectivity index (χ3n) is 10.8. The Bertz CT molecular complexity index is 1610. The highest BCUT2D eigenvalue weighted by Crippen LogP contribution is 2.62. The minimum atomic E-state index is -1.33. The molecule has 6 unspecified atom stereocenters. The van der Waals surface area contributed by atoms with Gasteiger partial charge in [0.15, 0.2) is 0 Å². The van der Waals surface area contributed by atoms with E-state index in [0.29, 0.717) is 50.1 Å². The molecular weight excluding hydrogens is 705 g/mol. The molecule has 1 fully saturated rings. The number of hydrogen-bond donors (Lipinski definition) is 2. The molecule has 1 saturated carbocycles. The van der Waals surface area contributed by atoms with Crippen LogP contribution in [0.15, 0.2) is 89.5 Å². The minimum absolute atomic E-state index is 0.108. The highest BCUT2D eigenvalue weighted by Gasteiger charge is 2.65. The molecule has 11 heteroatoms. The number of oxime groups is 1. The summed E-state index contributed by atoms with van der Waals surface area (Å²) in [6, 6.07) is 13.4. The van der Waals surface area contributed by atoms with Crippen LogP contribution in [0.1, 0.15) is 76.2 Å². The molecule has 6 atom stereocenters. The summed E-state index contributed by atoms with van der Waals surface area (Å²) < 4.78 is 26.5. The molecule has 2 aromatic rings. The average Bonchev–Trinajstić information content (AvgIpc) is 3.18. The van der Waals surface area contributed by atoms with Gasteiger partial charge >= 0.3 is 6.09 Å². The number of thioether (sulfide) groups is 1. The van der Waals surface area contributed by atoms with Gasteiger partial charge in [-0.2, -0.15) is 0 Å². The number of hydrogen-bond acceptors (Lipinski definition) is 10. The van der Waals surface area contributed by atoms with E-state index in [0.717, 1.165) is 53.2 Å². The van der Waals surface area contributed by atoms with Crippen molar-refractivity contribution in [1.82, 2.24) is 4.90 Å². The topological polar surface area (TPSA) is 119 Å². The van der Waals surface area contributed by atoms with Crippen molar-refractivity contribution in [1.29, 1.82) is 0 Å². The lowest BCUT2D eigenvalue weighted by Gasteiger charge is -2.59. The van der Waals surface area contributed by atoms with Crippen molar-refractivity contribution in [2.24, 2.45) is 22.9 Å². The molecule has 5 rings (SSSR count). The first-order chi connectivity index (χ1) is 26.4. The van der Waals surface area contributed by atoms with Crippen LogP contribution >= 0.6 is 11.8 Å². The second-order valence-electron chi connectivity index (χ2n) is 14.1. The molecule has 0 bridgehead atoms. The lowest BCUT2D eigenvalue weighted by molar-refractivity contribution is -0.255. The van der Waals surface area contributed by atoms with E-state index in [1.807, 2.05) is 49.6 Å². The first-order valence-corrected chi connectivity index (χ1v) is 20.6. The van der Waals surface area contributed by atoms with Gasteiger partial charge in [0.25, 0.3) is 0 Å². The molecule has 0 radical (unpaired) electrons. The molecule has 0 spiro atoms. The minimum Gasteiger partial charge on any atom is -0.459 e. The van der Waals surface area contributed by atoms with Gasteiger partial charge in [0.2, 0.25) is 5.79 Å². The zero-order chi connectivity index (χ0) is 38.5. The summed E-state index contributed by atoms with van der Waals surface area (Å²) in [5.41, 5.74) is 2.72. The zero-order valence-corrected chi connectivity index (χ0v) is 32.9. The fraction of sp³-hybridized carbons (Fsp3) is 0.535. The second kappa shape index (κ2) is 20.2. The first kappa shape index (κ1) is 41.4. The van der Waals surface area contributed by atoms with Crippen LogP contribution in [0.2, 0.25) is 0 Å². The van der Waals surface area contributed by atoms with Gasteiger partial charge in [-0.15, -0.1) is 24.9 Å². The number of ether oxygens (including phenoxy) is 4. The normalized spacial score (nSPS) is 24.7. The molecule has 294 valence electrons. The molecule has 3 aliphatic rings. The molecular formula is C43H58N2O8S. The Labute approximate surface area is 325 Å². The first-order valence-electron chi connectivity index (χ1n) is 19.4. The van der Waals surface area contributed by atoms with Crippen molar-refractivity contribution in [3.63, 3.8) is 0 Å².